The summed E-state index contributed by atoms with van der Waals surface area (Å²) in [7, 11) is 0. The zero-order valence-electron chi connectivity index (χ0n) is 12.2. The molecule has 0 aromatic carbocycles. The minimum atomic E-state index is -0.0185. The van der Waals surface area contributed by atoms with Gasteiger partial charge in [-0.05, 0) is 64.8 Å². The molecule has 5 heteroatoms. The van der Waals surface area contributed by atoms with Crippen LogP contribution in [0.5, 0.6) is 0 Å². The highest BCUT2D eigenvalue weighted by Crippen LogP contribution is 2.22. The van der Waals surface area contributed by atoms with Crippen molar-refractivity contribution in [2.45, 2.75) is 75.5 Å². The van der Waals surface area contributed by atoms with E-state index < -0.39 is 0 Å². The molecule has 0 saturated heterocycles. The Hall–Kier alpha value is -1.39. The molecule has 0 aliphatic heterocycles. The molecule has 0 bridgehead atoms. The maximum atomic E-state index is 12.0. The molecule has 0 unspecified atom stereocenters. The van der Waals surface area contributed by atoms with Crippen LogP contribution in [0.2, 0.25) is 0 Å². The van der Waals surface area contributed by atoms with Crippen LogP contribution in [0.4, 0.5) is 4.79 Å². The quantitative estimate of drug-likeness (QED) is 0.761. The molecule has 2 N–H and O–H groups in total. The van der Waals surface area contributed by atoms with E-state index >= 15 is 0 Å². The van der Waals surface area contributed by atoms with Crippen molar-refractivity contribution in [2.24, 2.45) is 9.98 Å². The summed E-state index contributed by atoms with van der Waals surface area (Å²) in [6.07, 6.45) is 8.15. The molecule has 2 rings (SSSR count). The summed E-state index contributed by atoms with van der Waals surface area (Å²) in [6, 6.07) is 1.34. The van der Waals surface area contributed by atoms with Crippen LogP contribution < -0.4 is 10.6 Å². The second kappa shape index (κ2) is 7.41. The van der Waals surface area contributed by atoms with Gasteiger partial charge in [-0.25, -0.2) is 4.79 Å². The van der Waals surface area contributed by atoms with Gasteiger partial charge in [0.2, 0.25) is 0 Å². The molecule has 20 heavy (non-hydrogen) atoms. The van der Waals surface area contributed by atoms with Crippen molar-refractivity contribution in [2.75, 3.05) is 0 Å². The van der Waals surface area contributed by atoms with Crippen molar-refractivity contribution in [1.29, 1.82) is 0 Å². The third kappa shape index (κ3) is 4.32. The van der Waals surface area contributed by atoms with E-state index in [1.165, 1.54) is 0 Å². The number of carbonyl (C=O) groups is 1. The Labute approximate surface area is 121 Å². The number of aliphatic imine (C=N–C) groups is 2. The normalized spacial score (nSPS) is 34.0. The van der Waals surface area contributed by atoms with Gasteiger partial charge < -0.3 is 10.6 Å². The summed E-state index contributed by atoms with van der Waals surface area (Å²) in [6.45, 7) is 7.20. The molecule has 0 heterocycles. The molecule has 2 aliphatic carbocycles. The first kappa shape index (κ1) is 15.0. The number of hydrogen-bond acceptors (Lipinski definition) is 3. The summed E-state index contributed by atoms with van der Waals surface area (Å²) in [5.74, 6) is 0. The van der Waals surface area contributed by atoms with Gasteiger partial charge in [-0.2, -0.15) is 0 Å². The SMILES string of the molecule is C=NC1CCC(NC(=O)NC2CCC(N=C)CC2)CC1. The van der Waals surface area contributed by atoms with Crippen LogP contribution in [-0.4, -0.2) is 43.6 Å². The monoisotopic (exact) mass is 278 g/mol. The number of nitrogens with one attached hydrogen (secondary N) is 2. The largest absolute Gasteiger partial charge is 0.335 e. The van der Waals surface area contributed by atoms with E-state index in [2.05, 4.69) is 34.1 Å². The zero-order valence-corrected chi connectivity index (χ0v) is 12.2. The van der Waals surface area contributed by atoms with E-state index in [4.69, 9.17) is 0 Å². The predicted molar refractivity (Wildman–Crippen MR) is 82.9 cm³/mol. The van der Waals surface area contributed by atoms with Gasteiger partial charge >= 0.3 is 6.03 Å². The molecule has 2 amide bonds. The van der Waals surface area contributed by atoms with Gasteiger partial charge in [0.25, 0.3) is 0 Å². The molecule has 0 atom stereocenters. The van der Waals surface area contributed by atoms with Crippen LogP contribution in [-0.2, 0) is 0 Å². The summed E-state index contributed by atoms with van der Waals surface area (Å²) >= 11 is 0. The lowest BCUT2D eigenvalue weighted by atomic mass is 9.91. The van der Waals surface area contributed by atoms with Crippen LogP contribution in [0.1, 0.15) is 51.4 Å². The first-order valence-corrected chi connectivity index (χ1v) is 7.70. The Balaban J connectivity index is 1.66. The second-order valence-electron chi connectivity index (χ2n) is 5.99. The maximum absolute atomic E-state index is 12.0. The Morgan fingerprint density at radius 2 is 1.10 bits per heavy atom. The third-order valence-electron chi connectivity index (χ3n) is 4.58. The predicted octanol–water partition coefficient (Wildman–Crippen LogP) is 2.31. The highest BCUT2D eigenvalue weighted by atomic mass is 16.2. The van der Waals surface area contributed by atoms with Crippen molar-refractivity contribution >= 4 is 19.5 Å². The Kier molecular flexibility index (Phi) is 5.56. The van der Waals surface area contributed by atoms with Gasteiger partial charge in [0, 0.05) is 24.2 Å². The minimum Gasteiger partial charge on any atom is -0.335 e. The fraction of sp³-hybridized carbons (Fsp3) is 0.800. The fourth-order valence-electron chi connectivity index (χ4n) is 3.22. The first-order valence-electron chi connectivity index (χ1n) is 7.70. The molecule has 0 aromatic heterocycles. The molecular weight excluding hydrogens is 252 g/mol. The number of urea groups is 1. The van der Waals surface area contributed by atoms with Crippen LogP contribution in [0, 0.1) is 0 Å². The zero-order chi connectivity index (χ0) is 14.4. The van der Waals surface area contributed by atoms with E-state index in [0.29, 0.717) is 24.2 Å². The van der Waals surface area contributed by atoms with Crippen LogP contribution in [0.3, 0.4) is 0 Å². The van der Waals surface area contributed by atoms with E-state index in [1.54, 1.807) is 0 Å². The molecular formula is C15H26N4O. The highest BCUT2D eigenvalue weighted by Gasteiger charge is 2.24. The summed E-state index contributed by atoms with van der Waals surface area (Å²) in [5.41, 5.74) is 0. The third-order valence-corrected chi connectivity index (χ3v) is 4.58. The number of hydrogen-bond donors (Lipinski definition) is 2. The molecule has 112 valence electrons. The molecule has 2 aliphatic rings. The van der Waals surface area contributed by atoms with Crippen LogP contribution in [0.25, 0.3) is 0 Å². The molecule has 2 fully saturated rings. The summed E-state index contributed by atoms with van der Waals surface area (Å²) in [5, 5.41) is 6.18. The van der Waals surface area contributed by atoms with E-state index in [-0.39, 0.29) is 6.03 Å². The van der Waals surface area contributed by atoms with Gasteiger partial charge in [0.15, 0.2) is 0 Å². The average Bonchev–Trinajstić information content (AvgIpc) is 2.49. The molecule has 2 saturated carbocycles. The average molecular weight is 278 g/mol. The van der Waals surface area contributed by atoms with Gasteiger partial charge in [-0.1, -0.05) is 0 Å². The number of amides is 2. The molecule has 0 aromatic rings. The van der Waals surface area contributed by atoms with Gasteiger partial charge in [0.05, 0.1) is 0 Å². The molecule has 0 spiro atoms. The maximum Gasteiger partial charge on any atom is 0.315 e. The fourth-order valence-corrected chi connectivity index (χ4v) is 3.22. The second-order valence-corrected chi connectivity index (χ2v) is 5.99. The van der Waals surface area contributed by atoms with Gasteiger partial charge in [0.1, 0.15) is 0 Å². The highest BCUT2D eigenvalue weighted by molar-refractivity contribution is 5.74. The molecule has 5 nitrogen and oxygen atoms in total. The number of carbonyl (C=O) groups excluding carboxylic acids is 1. The molecule has 0 radical (unpaired) electrons. The Bertz CT molecular complexity index is 310. The Morgan fingerprint density at radius 3 is 1.40 bits per heavy atom. The van der Waals surface area contributed by atoms with Crippen LogP contribution >= 0.6 is 0 Å². The smallest absolute Gasteiger partial charge is 0.315 e. The van der Waals surface area contributed by atoms with Gasteiger partial charge in [-0.3, -0.25) is 9.98 Å². The number of rotatable bonds is 4. The van der Waals surface area contributed by atoms with Crippen LogP contribution in [0.15, 0.2) is 9.98 Å². The summed E-state index contributed by atoms with van der Waals surface area (Å²) in [4.78, 5) is 20.1. The van der Waals surface area contributed by atoms with Crippen molar-refractivity contribution in [3.8, 4) is 0 Å². The lowest BCUT2D eigenvalue weighted by Crippen LogP contribution is -2.48. The lowest BCUT2D eigenvalue weighted by Gasteiger charge is -2.30. The standard InChI is InChI=1S/C15H26N4O/c1-16-11-3-7-13(8-4-11)18-15(20)19-14-9-5-12(17-2)6-10-14/h11-14H,1-10H2,(H2,18,19,20). The number of nitrogens with zero attached hydrogens (tertiary/aromatic N) is 2. The van der Waals surface area contributed by atoms with E-state index in [1.807, 2.05) is 0 Å². The van der Waals surface area contributed by atoms with Gasteiger partial charge in [-0.15, -0.1) is 0 Å². The topological polar surface area (TPSA) is 65.8 Å². The van der Waals surface area contributed by atoms with Crippen molar-refractivity contribution in [3.05, 3.63) is 0 Å². The lowest BCUT2D eigenvalue weighted by molar-refractivity contribution is 0.222. The van der Waals surface area contributed by atoms with E-state index in [0.717, 1.165) is 51.4 Å². The Morgan fingerprint density at radius 1 is 0.750 bits per heavy atom. The van der Waals surface area contributed by atoms with Crippen molar-refractivity contribution in [1.82, 2.24) is 10.6 Å². The van der Waals surface area contributed by atoms with E-state index in [9.17, 15) is 4.79 Å². The van der Waals surface area contributed by atoms with Crippen molar-refractivity contribution < 1.29 is 4.79 Å². The van der Waals surface area contributed by atoms with Crippen molar-refractivity contribution in [3.63, 3.8) is 0 Å². The minimum absolute atomic E-state index is 0.0185. The first-order chi connectivity index (χ1) is 9.71. The summed E-state index contributed by atoms with van der Waals surface area (Å²) < 4.78 is 0.